The highest BCUT2D eigenvalue weighted by molar-refractivity contribution is 9.11. The minimum absolute atomic E-state index is 0.0343. The number of rotatable bonds is 2. The zero-order valence-electron chi connectivity index (χ0n) is 9.21. The standard InChI is InChI=1S/C14H10Br2O/c1-9-2-4-10(5-3-9)14(17)11-6-12(15)8-13(16)7-11/h2-8H,1H3. The summed E-state index contributed by atoms with van der Waals surface area (Å²) in [5.41, 5.74) is 2.53. The second-order valence-corrected chi connectivity index (χ2v) is 5.68. The van der Waals surface area contributed by atoms with Crippen LogP contribution in [-0.2, 0) is 0 Å². The number of hydrogen-bond donors (Lipinski definition) is 0. The molecule has 0 amide bonds. The van der Waals surface area contributed by atoms with E-state index in [1.54, 1.807) is 0 Å². The third kappa shape index (κ3) is 3.05. The van der Waals surface area contributed by atoms with Crippen molar-refractivity contribution in [3.8, 4) is 0 Å². The summed E-state index contributed by atoms with van der Waals surface area (Å²) in [6.07, 6.45) is 0. The summed E-state index contributed by atoms with van der Waals surface area (Å²) in [5.74, 6) is 0.0343. The molecule has 1 nitrogen and oxygen atoms in total. The maximum atomic E-state index is 12.2. The van der Waals surface area contributed by atoms with Gasteiger partial charge in [0.25, 0.3) is 0 Å². The van der Waals surface area contributed by atoms with E-state index in [0.717, 1.165) is 14.5 Å². The van der Waals surface area contributed by atoms with Gasteiger partial charge in [-0.15, -0.1) is 0 Å². The van der Waals surface area contributed by atoms with Crippen molar-refractivity contribution >= 4 is 37.6 Å². The van der Waals surface area contributed by atoms with Crippen molar-refractivity contribution in [2.45, 2.75) is 6.92 Å². The molecule has 0 saturated heterocycles. The van der Waals surface area contributed by atoms with Gasteiger partial charge in [-0.3, -0.25) is 4.79 Å². The molecule has 0 fully saturated rings. The number of carbonyl (C=O) groups is 1. The largest absolute Gasteiger partial charge is 0.289 e. The number of aryl methyl sites for hydroxylation is 1. The lowest BCUT2D eigenvalue weighted by atomic mass is 10.0. The van der Waals surface area contributed by atoms with Crippen molar-refractivity contribution in [2.24, 2.45) is 0 Å². The molecule has 0 atom stereocenters. The Morgan fingerprint density at radius 2 is 1.41 bits per heavy atom. The van der Waals surface area contributed by atoms with E-state index in [0.29, 0.717) is 11.1 Å². The third-order valence-electron chi connectivity index (χ3n) is 2.44. The Kier molecular flexibility index (Phi) is 3.79. The molecule has 0 radical (unpaired) electrons. The van der Waals surface area contributed by atoms with Crippen LogP contribution >= 0.6 is 31.9 Å². The summed E-state index contributed by atoms with van der Waals surface area (Å²) in [5, 5.41) is 0. The van der Waals surface area contributed by atoms with Crippen LogP contribution in [0.5, 0.6) is 0 Å². The maximum Gasteiger partial charge on any atom is 0.193 e. The number of halogens is 2. The second-order valence-electron chi connectivity index (χ2n) is 3.85. The van der Waals surface area contributed by atoms with Crippen molar-refractivity contribution in [1.82, 2.24) is 0 Å². The highest BCUT2D eigenvalue weighted by Gasteiger charge is 2.10. The third-order valence-corrected chi connectivity index (χ3v) is 3.35. The van der Waals surface area contributed by atoms with Gasteiger partial charge in [-0.25, -0.2) is 0 Å². The molecule has 0 N–H and O–H groups in total. The summed E-state index contributed by atoms with van der Waals surface area (Å²) in [4.78, 5) is 12.2. The molecule has 0 unspecified atom stereocenters. The Balaban J connectivity index is 2.40. The minimum Gasteiger partial charge on any atom is -0.289 e. The fraction of sp³-hybridized carbons (Fsp3) is 0.0714. The van der Waals surface area contributed by atoms with Gasteiger partial charge in [0.2, 0.25) is 0 Å². The van der Waals surface area contributed by atoms with Crippen molar-refractivity contribution in [3.05, 3.63) is 68.1 Å². The Morgan fingerprint density at radius 1 is 0.882 bits per heavy atom. The normalized spacial score (nSPS) is 10.3. The highest BCUT2D eigenvalue weighted by atomic mass is 79.9. The van der Waals surface area contributed by atoms with Gasteiger partial charge in [-0.05, 0) is 25.1 Å². The molecule has 0 aliphatic heterocycles. The van der Waals surface area contributed by atoms with Crippen LogP contribution in [0.4, 0.5) is 0 Å². The Bertz CT molecular complexity index is 539. The zero-order valence-corrected chi connectivity index (χ0v) is 12.4. The molecular weight excluding hydrogens is 344 g/mol. The van der Waals surface area contributed by atoms with Crippen LogP contribution < -0.4 is 0 Å². The second kappa shape index (κ2) is 5.15. The summed E-state index contributed by atoms with van der Waals surface area (Å²) in [6.45, 7) is 2.00. The SMILES string of the molecule is Cc1ccc(C(=O)c2cc(Br)cc(Br)c2)cc1. The Hall–Kier alpha value is -0.930. The van der Waals surface area contributed by atoms with E-state index in [1.165, 1.54) is 0 Å². The monoisotopic (exact) mass is 352 g/mol. The fourth-order valence-electron chi connectivity index (χ4n) is 1.56. The predicted octanol–water partition coefficient (Wildman–Crippen LogP) is 4.75. The average molecular weight is 354 g/mol. The zero-order chi connectivity index (χ0) is 12.4. The van der Waals surface area contributed by atoms with Gasteiger partial charge in [0.1, 0.15) is 0 Å². The first kappa shape index (κ1) is 12.5. The molecule has 0 heterocycles. The van der Waals surface area contributed by atoms with Crippen LogP contribution in [0, 0.1) is 6.92 Å². The molecular formula is C14H10Br2O. The topological polar surface area (TPSA) is 17.1 Å². The summed E-state index contributed by atoms with van der Waals surface area (Å²) < 4.78 is 1.78. The number of hydrogen-bond acceptors (Lipinski definition) is 1. The van der Waals surface area contributed by atoms with Crippen molar-refractivity contribution in [1.29, 1.82) is 0 Å². The van der Waals surface area contributed by atoms with Gasteiger partial charge in [0.15, 0.2) is 5.78 Å². The van der Waals surface area contributed by atoms with Gasteiger partial charge in [-0.1, -0.05) is 61.7 Å². The number of carbonyl (C=O) groups excluding carboxylic acids is 1. The van der Waals surface area contributed by atoms with Gasteiger partial charge in [0.05, 0.1) is 0 Å². The lowest BCUT2D eigenvalue weighted by Gasteiger charge is -2.03. The lowest BCUT2D eigenvalue weighted by molar-refractivity contribution is 0.103. The molecule has 0 aromatic heterocycles. The van der Waals surface area contributed by atoms with E-state index in [1.807, 2.05) is 49.4 Å². The van der Waals surface area contributed by atoms with Crippen LogP contribution in [-0.4, -0.2) is 5.78 Å². The molecule has 2 aromatic carbocycles. The quantitative estimate of drug-likeness (QED) is 0.712. The van der Waals surface area contributed by atoms with Crippen LogP contribution in [0.2, 0.25) is 0 Å². The molecule has 17 heavy (non-hydrogen) atoms. The first-order valence-electron chi connectivity index (χ1n) is 5.14. The van der Waals surface area contributed by atoms with E-state index in [-0.39, 0.29) is 5.78 Å². The van der Waals surface area contributed by atoms with E-state index in [2.05, 4.69) is 31.9 Å². The van der Waals surface area contributed by atoms with Gasteiger partial charge in [-0.2, -0.15) is 0 Å². The maximum absolute atomic E-state index is 12.2. The molecule has 0 saturated carbocycles. The summed E-state index contributed by atoms with van der Waals surface area (Å²) in [7, 11) is 0. The molecule has 86 valence electrons. The average Bonchev–Trinajstić information content (AvgIpc) is 2.28. The van der Waals surface area contributed by atoms with E-state index in [4.69, 9.17) is 0 Å². The number of benzene rings is 2. The van der Waals surface area contributed by atoms with Crippen LogP contribution in [0.3, 0.4) is 0 Å². The molecule has 0 aliphatic carbocycles. The molecule has 0 spiro atoms. The van der Waals surface area contributed by atoms with E-state index < -0.39 is 0 Å². The van der Waals surface area contributed by atoms with Crippen LogP contribution in [0.25, 0.3) is 0 Å². The molecule has 3 heteroatoms. The molecule has 0 bridgehead atoms. The molecule has 2 rings (SSSR count). The Labute approximate surface area is 117 Å². The minimum atomic E-state index is 0.0343. The first-order valence-corrected chi connectivity index (χ1v) is 6.72. The van der Waals surface area contributed by atoms with Crippen molar-refractivity contribution in [2.75, 3.05) is 0 Å². The van der Waals surface area contributed by atoms with E-state index >= 15 is 0 Å². The fourth-order valence-corrected chi connectivity index (χ4v) is 2.85. The summed E-state index contributed by atoms with van der Waals surface area (Å²) in [6, 6.07) is 13.2. The number of ketones is 1. The van der Waals surface area contributed by atoms with Gasteiger partial charge >= 0.3 is 0 Å². The van der Waals surface area contributed by atoms with Gasteiger partial charge < -0.3 is 0 Å². The predicted molar refractivity (Wildman–Crippen MR) is 76.5 cm³/mol. The van der Waals surface area contributed by atoms with Crippen molar-refractivity contribution in [3.63, 3.8) is 0 Å². The molecule has 0 aliphatic rings. The highest BCUT2D eigenvalue weighted by Crippen LogP contribution is 2.22. The van der Waals surface area contributed by atoms with Crippen LogP contribution in [0.15, 0.2) is 51.4 Å². The first-order chi connectivity index (χ1) is 8.06. The van der Waals surface area contributed by atoms with Gasteiger partial charge in [0, 0.05) is 20.1 Å². The van der Waals surface area contributed by atoms with Crippen molar-refractivity contribution < 1.29 is 4.79 Å². The smallest absolute Gasteiger partial charge is 0.193 e. The molecule has 2 aromatic rings. The van der Waals surface area contributed by atoms with E-state index in [9.17, 15) is 4.79 Å². The van der Waals surface area contributed by atoms with Crippen LogP contribution in [0.1, 0.15) is 21.5 Å². The Morgan fingerprint density at radius 3 is 1.94 bits per heavy atom. The lowest BCUT2D eigenvalue weighted by Crippen LogP contribution is -2.01. The summed E-state index contributed by atoms with van der Waals surface area (Å²) >= 11 is 6.77.